The summed E-state index contributed by atoms with van der Waals surface area (Å²) in [6.45, 7) is 0.454. The van der Waals surface area contributed by atoms with Crippen molar-refractivity contribution in [1.82, 2.24) is 4.72 Å². The lowest BCUT2D eigenvalue weighted by Gasteiger charge is -2.09. The minimum atomic E-state index is -3.27. The van der Waals surface area contributed by atoms with Crippen LogP contribution in [0.2, 0.25) is 0 Å². The third-order valence-corrected chi connectivity index (χ3v) is 5.57. The second kappa shape index (κ2) is 10.2. The first-order chi connectivity index (χ1) is 12.5. The predicted molar refractivity (Wildman–Crippen MR) is 104 cm³/mol. The van der Waals surface area contributed by atoms with Crippen molar-refractivity contribution in [2.75, 3.05) is 26.5 Å². The van der Waals surface area contributed by atoms with E-state index in [9.17, 15) is 8.42 Å². The number of benzene rings is 2. The normalized spacial score (nSPS) is 11.3. The van der Waals surface area contributed by atoms with Gasteiger partial charge in [-0.3, -0.25) is 0 Å². The lowest BCUT2D eigenvalue weighted by Crippen LogP contribution is -2.28. The molecule has 2 aromatic carbocycles. The number of nitrogens with one attached hydrogen (secondary N) is 1. The van der Waals surface area contributed by atoms with Crippen LogP contribution in [0.4, 0.5) is 0 Å². The van der Waals surface area contributed by atoms with E-state index in [1.807, 2.05) is 48.5 Å². The Balaban J connectivity index is 1.70. The largest absolute Gasteiger partial charge is 0.497 e. The number of aryl methyl sites for hydroxylation is 2. The fraction of sp³-hybridized carbons (Fsp3) is 0.400. The molecule has 1 N–H and O–H groups in total. The zero-order valence-electron chi connectivity index (χ0n) is 15.4. The summed E-state index contributed by atoms with van der Waals surface area (Å²) in [5.74, 6) is 1.70. The minimum Gasteiger partial charge on any atom is -0.497 e. The average Bonchev–Trinajstić information content (AvgIpc) is 2.66. The number of hydrogen-bond acceptors (Lipinski definition) is 4. The van der Waals surface area contributed by atoms with Crippen LogP contribution in [0.3, 0.4) is 0 Å². The van der Waals surface area contributed by atoms with Crippen molar-refractivity contribution in [1.29, 1.82) is 0 Å². The van der Waals surface area contributed by atoms with Gasteiger partial charge in [0.15, 0.2) is 0 Å². The summed E-state index contributed by atoms with van der Waals surface area (Å²) in [5.41, 5.74) is 2.10. The van der Waals surface area contributed by atoms with E-state index in [-0.39, 0.29) is 5.75 Å². The zero-order chi connectivity index (χ0) is 18.8. The molecule has 0 aliphatic heterocycles. The molecule has 0 radical (unpaired) electrons. The van der Waals surface area contributed by atoms with Gasteiger partial charge >= 0.3 is 0 Å². The molecule has 0 aliphatic rings. The second-order valence-electron chi connectivity index (χ2n) is 6.08. The second-order valence-corrected chi connectivity index (χ2v) is 8.01. The predicted octanol–water partition coefficient (Wildman–Crippen LogP) is 3.19. The molecular weight excluding hydrogens is 350 g/mol. The van der Waals surface area contributed by atoms with Gasteiger partial charge in [0.05, 0.1) is 20.0 Å². The van der Waals surface area contributed by atoms with Gasteiger partial charge in [0.1, 0.15) is 11.5 Å². The minimum absolute atomic E-state index is 0.0761. The van der Waals surface area contributed by atoms with Crippen molar-refractivity contribution in [2.45, 2.75) is 25.7 Å². The molecule has 0 amide bonds. The first kappa shape index (κ1) is 20.3. The van der Waals surface area contributed by atoms with Crippen LogP contribution in [-0.4, -0.2) is 34.9 Å². The molecule has 2 rings (SSSR count). The van der Waals surface area contributed by atoms with Crippen molar-refractivity contribution in [2.24, 2.45) is 0 Å². The number of methoxy groups -OCH3 is 2. The topological polar surface area (TPSA) is 64.6 Å². The summed E-state index contributed by atoms with van der Waals surface area (Å²) in [4.78, 5) is 0. The molecule has 0 bridgehead atoms. The van der Waals surface area contributed by atoms with E-state index in [0.29, 0.717) is 13.0 Å². The first-order valence-corrected chi connectivity index (χ1v) is 10.4. The van der Waals surface area contributed by atoms with Gasteiger partial charge < -0.3 is 9.47 Å². The standard InChI is InChI=1S/C20H27NO4S/c1-24-19-11-7-8-17(16-19)13-15-26(22,23)21-14-6-5-10-18-9-3-4-12-20(18)25-2/h3-4,7-9,11-12,16,21H,5-6,10,13-15H2,1-2H3. The Bertz CT molecular complexity index is 790. The Hall–Kier alpha value is -2.05. The number of rotatable bonds is 11. The zero-order valence-corrected chi connectivity index (χ0v) is 16.2. The summed E-state index contributed by atoms with van der Waals surface area (Å²) in [6, 6.07) is 15.4. The van der Waals surface area contributed by atoms with Crippen LogP contribution in [0.25, 0.3) is 0 Å². The maximum atomic E-state index is 12.1. The molecule has 2 aromatic rings. The van der Waals surface area contributed by atoms with Crippen molar-refractivity contribution in [3.05, 3.63) is 59.7 Å². The molecule has 142 valence electrons. The smallest absolute Gasteiger partial charge is 0.211 e. The molecule has 0 unspecified atom stereocenters. The highest BCUT2D eigenvalue weighted by Crippen LogP contribution is 2.19. The Morgan fingerprint density at radius 1 is 0.923 bits per heavy atom. The summed E-state index contributed by atoms with van der Waals surface area (Å²) in [7, 11) is -0.0111. The highest BCUT2D eigenvalue weighted by molar-refractivity contribution is 7.89. The first-order valence-electron chi connectivity index (χ1n) is 8.76. The van der Waals surface area contributed by atoms with Crippen LogP contribution in [0, 0.1) is 0 Å². The van der Waals surface area contributed by atoms with Crippen molar-refractivity contribution in [3.8, 4) is 11.5 Å². The van der Waals surface area contributed by atoms with Gasteiger partial charge in [-0.05, 0) is 55.0 Å². The van der Waals surface area contributed by atoms with E-state index in [4.69, 9.17) is 9.47 Å². The van der Waals surface area contributed by atoms with E-state index >= 15 is 0 Å². The lowest BCUT2D eigenvalue weighted by atomic mass is 10.1. The third-order valence-electron chi connectivity index (χ3n) is 4.18. The molecule has 0 atom stereocenters. The maximum Gasteiger partial charge on any atom is 0.211 e. The summed E-state index contributed by atoms with van der Waals surface area (Å²) >= 11 is 0. The van der Waals surface area contributed by atoms with Gasteiger partial charge in [-0.15, -0.1) is 0 Å². The molecule has 0 aromatic heterocycles. The van der Waals surface area contributed by atoms with Crippen LogP contribution in [0.1, 0.15) is 24.0 Å². The third kappa shape index (κ3) is 6.69. The average molecular weight is 378 g/mol. The van der Waals surface area contributed by atoms with Crippen molar-refractivity contribution < 1.29 is 17.9 Å². The number of unbranched alkanes of at least 4 members (excludes halogenated alkanes) is 1. The van der Waals surface area contributed by atoms with Crippen LogP contribution >= 0.6 is 0 Å². The summed E-state index contributed by atoms with van der Waals surface area (Å²) in [5, 5.41) is 0. The highest BCUT2D eigenvalue weighted by Gasteiger charge is 2.10. The molecule has 0 saturated heterocycles. The van der Waals surface area contributed by atoms with Gasteiger partial charge in [-0.1, -0.05) is 30.3 Å². The van der Waals surface area contributed by atoms with Crippen molar-refractivity contribution in [3.63, 3.8) is 0 Å². The molecule has 5 nitrogen and oxygen atoms in total. The van der Waals surface area contributed by atoms with Crippen molar-refractivity contribution >= 4 is 10.0 Å². The molecule has 6 heteroatoms. The van der Waals surface area contributed by atoms with Crippen LogP contribution in [0.5, 0.6) is 11.5 Å². The van der Waals surface area contributed by atoms with Crippen LogP contribution in [-0.2, 0) is 22.9 Å². The van der Waals surface area contributed by atoms with Gasteiger partial charge in [-0.2, -0.15) is 0 Å². The van der Waals surface area contributed by atoms with Crippen LogP contribution < -0.4 is 14.2 Å². The molecule has 0 spiro atoms. The number of sulfonamides is 1. The molecular formula is C20H27NO4S. The van der Waals surface area contributed by atoms with E-state index in [1.54, 1.807) is 14.2 Å². The van der Waals surface area contributed by atoms with Gasteiger partial charge in [-0.25, -0.2) is 13.1 Å². The fourth-order valence-corrected chi connectivity index (χ4v) is 3.83. The summed E-state index contributed by atoms with van der Waals surface area (Å²) in [6.07, 6.45) is 3.03. The van der Waals surface area contributed by atoms with E-state index in [1.165, 1.54) is 0 Å². The van der Waals surface area contributed by atoms with E-state index in [2.05, 4.69) is 4.72 Å². The maximum absolute atomic E-state index is 12.1. The van der Waals surface area contributed by atoms with Gasteiger partial charge in [0.2, 0.25) is 10.0 Å². The molecule has 0 saturated carbocycles. The molecule has 0 heterocycles. The summed E-state index contributed by atoms with van der Waals surface area (Å²) < 4.78 is 37.4. The highest BCUT2D eigenvalue weighted by atomic mass is 32.2. The molecule has 0 aliphatic carbocycles. The number of hydrogen-bond donors (Lipinski definition) is 1. The lowest BCUT2D eigenvalue weighted by molar-refractivity contribution is 0.409. The number of ether oxygens (including phenoxy) is 2. The Morgan fingerprint density at radius 2 is 1.73 bits per heavy atom. The monoisotopic (exact) mass is 377 g/mol. The Kier molecular flexibility index (Phi) is 7.94. The SMILES string of the molecule is COc1cccc(CCS(=O)(=O)NCCCCc2ccccc2OC)c1. The van der Waals surface area contributed by atoms with Gasteiger partial charge in [0.25, 0.3) is 0 Å². The Morgan fingerprint density at radius 3 is 2.50 bits per heavy atom. The Labute approximate surface area is 156 Å². The van der Waals surface area contributed by atoms with E-state index < -0.39 is 10.0 Å². The quantitative estimate of drug-likeness (QED) is 0.611. The molecule has 0 fully saturated rings. The fourth-order valence-electron chi connectivity index (χ4n) is 2.73. The van der Waals surface area contributed by atoms with Crippen LogP contribution in [0.15, 0.2) is 48.5 Å². The van der Waals surface area contributed by atoms with Gasteiger partial charge in [0, 0.05) is 6.54 Å². The number of para-hydroxylation sites is 1. The molecule has 26 heavy (non-hydrogen) atoms. The van der Waals surface area contributed by atoms with E-state index in [0.717, 1.165) is 41.9 Å².